The Balaban J connectivity index is 2.23. The van der Waals surface area contributed by atoms with Crippen molar-refractivity contribution in [2.45, 2.75) is 31.6 Å². The third-order valence-corrected chi connectivity index (χ3v) is 2.93. The SMILES string of the molecule is CC1CO[C@]2(C)C(N)CO[C@H]12. The Kier molecular flexibility index (Phi) is 1.50. The molecule has 4 atom stereocenters. The molecular weight excluding hydrogens is 142 g/mol. The van der Waals surface area contributed by atoms with Gasteiger partial charge >= 0.3 is 0 Å². The quantitative estimate of drug-likeness (QED) is 0.544. The van der Waals surface area contributed by atoms with Crippen molar-refractivity contribution < 1.29 is 9.47 Å². The molecule has 11 heavy (non-hydrogen) atoms. The topological polar surface area (TPSA) is 44.5 Å². The number of ether oxygens (including phenoxy) is 2. The van der Waals surface area contributed by atoms with Crippen molar-refractivity contribution in [1.82, 2.24) is 0 Å². The van der Waals surface area contributed by atoms with Gasteiger partial charge in [-0.25, -0.2) is 0 Å². The standard InChI is InChI=1S/C8H15NO2/c1-5-3-11-8(2)6(9)4-10-7(5)8/h5-7H,3-4,9H2,1-2H3/t5?,6?,7-,8-/m1/s1. The van der Waals surface area contributed by atoms with E-state index >= 15 is 0 Å². The first kappa shape index (κ1) is 7.53. The molecule has 0 radical (unpaired) electrons. The van der Waals surface area contributed by atoms with E-state index in [2.05, 4.69) is 13.8 Å². The maximum absolute atomic E-state index is 5.87. The first-order chi connectivity index (χ1) is 5.14. The molecule has 0 spiro atoms. The lowest BCUT2D eigenvalue weighted by Gasteiger charge is -2.25. The van der Waals surface area contributed by atoms with Gasteiger partial charge in [0.05, 0.1) is 25.4 Å². The van der Waals surface area contributed by atoms with Crippen LogP contribution in [0.1, 0.15) is 13.8 Å². The van der Waals surface area contributed by atoms with Gasteiger partial charge in [-0.1, -0.05) is 6.92 Å². The summed E-state index contributed by atoms with van der Waals surface area (Å²) in [6.07, 6.45) is 0.220. The van der Waals surface area contributed by atoms with Crippen molar-refractivity contribution in [1.29, 1.82) is 0 Å². The van der Waals surface area contributed by atoms with E-state index in [4.69, 9.17) is 15.2 Å². The van der Waals surface area contributed by atoms with E-state index in [0.717, 1.165) is 6.61 Å². The van der Waals surface area contributed by atoms with Gasteiger partial charge in [0.25, 0.3) is 0 Å². The van der Waals surface area contributed by atoms with E-state index in [1.165, 1.54) is 0 Å². The highest BCUT2D eigenvalue weighted by molar-refractivity contribution is 5.05. The van der Waals surface area contributed by atoms with E-state index < -0.39 is 0 Å². The van der Waals surface area contributed by atoms with E-state index in [0.29, 0.717) is 12.5 Å². The molecule has 0 aliphatic carbocycles. The Bertz CT molecular complexity index is 173. The Morgan fingerprint density at radius 2 is 2.18 bits per heavy atom. The molecule has 0 aromatic heterocycles. The highest BCUT2D eigenvalue weighted by Crippen LogP contribution is 2.39. The van der Waals surface area contributed by atoms with Crippen molar-refractivity contribution in [3.05, 3.63) is 0 Å². The van der Waals surface area contributed by atoms with Gasteiger partial charge in [-0.2, -0.15) is 0 Å². The molecule has 0 amide bonds. The van der Waals surface area contributed by atoms with E-state index in [1.54, 1.807) is 0 Å². The number of fused-ring (bicyclic) bond motifs is 1. The summed E-state index contributed by atoms with van der Waals surface area (Å²) >= 11 is 0. The summed E-state index contributed by atoms with van der Waals surface area (Å²) in [4.78, 5) is 0. The molecule has 2 fully saturated rings. The molecule has 0 aromatic rings. The Morgan fingerprint density at radius 1 is 1.45 bits per heavy atom. The molecule has 2 unspecified atom stereocenters. The summed E-state index contributed by atoms with van der Waals surface area (Å²) in [5.41, 5.74) is 5.66. The van der Waals surface area contributed by atoms with Crippen LogP contribution in [0, 0.1) is 5.92 Å². The lowest BCUT2D eigenvalue weighted by atomic mass is 9.90. The zero-order valence-electron chi connectivity index (χ0n) is 7.04. The highest BCUT2D eigenvalue weighted by Gasteiger charge is 2.54. The molecule has 0 bridgehead atoms. The molecule has 2 saturated heterocycles. The van der Waals surface area contributed by atoms with Gasteiger partial charge in [-0.15, -0.1) is 0 Å². The maximum atomic E-state index is 5.87. The van der Waals surface area contributed by atoms with Crippen LogP contribution >= 0.6 is 0 Å². The number of nitrogens with two attached hydrogens (primary N) is 1. The monoisotopic (exact) mass is 157 g/mol. The van der Waals surface area contributed by atoms with Gasteiger partial charge in [0.2, 0.25) is 0 Å². The molecule has 3 nitrogen and oxygen atoms in total. The fraction of sp³-hybridized carbons (Fsp3) is 1.00. The van der Waals surface area contributed by atoms with Gasteiger partial charge < -0.3 is 15.2 Å². The largest absolute Gasteiger partial charge is 0.373 e. The number of hydrogen-bond acceptors (Lipinski definition) is 3. The third-order valence-electron chi connectivity index (χ3n) is 2.93. The van der Waals surface area contributed by atoms with Crippen LogP contribution in [-0.2, 0) is 9.47 Å². The molecule has 0 aromatic carbocycles. The summed E-state index contributed by atoms with van der Waals surface area (Å²) in [5.74, 6) is 0.494. The fourth-order valence-corrected chi connectivity index (χ4v) is 2.07. The second-order valence-corrected chi connectivity index (χ2v) is 3.83. The predicted molar refractivity (Wildman–Crippen MR) is 41.2 cm³/mol. The minimum Gasteiger partial charge on any atom is -0.373 e. The van der Waals surface area contributed by atoms with E-state index in [1.807, 2.05) is 0 Å². The van der Waals surface area contributed by atoms with Crippen LogP contribution in [0.3, 0.4) is 0 Å². The first-order valence-corrected chi connectivity index (χ1v) is 4.16. The maximum Gasteiger partial charge on any atom is 0.109 e. The van der Waals surface area contributed by atoms with Crippen molar-refractivity contribution >= 4 is 0 Å². The minimum atomic E-state index is -0.209. The molecule has 2 N–H and O–H groups in total. The van der Waals surface area contributed by atoms with Gasteiger partial charge in [0.15, 0.2) is 0 Å². The van der Waals surface area contributed by atoms with Crippen LogP contribution in [0.4, 0.5) is 0 Å². The average Bonchev–Trinajstić information content (AvgIpc) is 2.39. The average molecular weight is 157 g/mol. The van der Waals surface area contributed by atoms with Crippen molar-refractivity contribution in [2.24, 2.45) is 11.7 Å². The van der Waals surface area contributed by atoms with Crippen LogP contribution in [0.2, 0.25) is 0 Å². The Morgan fingerprint density at radius 3 is 2.82 bits per heavy atom. The van der Waals surface area contributed by atoms with Crippen LogP contribution in [-0.4, -0.2) is 31.0 Å². The van der Waals surface area contributed by atoms with Crippen molar-refractivity contribution in [3.63, 3.8) is 0 Å². The van der Waals surface area contributed by atoms with Gasteiger partial charge in [-0.05, 0) is 6.92 Å². The summed E-state index contributed by atoms with van der Waals surface area (Å²) < 4.78 is 11.2. The van der Waals surface area contributed by atoms with E-state index in [9.17, 15) is 0 Å². The summed E-state index contributed by atoms with van der Waals surface area (Å²) in [6.45, 7) is 5.63. The van der Waals surface area contributed by atoms with Gasteiger partial charge in [0.1, 0.15) is 5.60 Å². The predicted octanol–water partition coefficient (Wildman–Crippen LogP) is 0.138. The van der Waals surface area contributed by atoms with Crippen LogP contribution in [0.15, 0.2) is 0 Å². The Hall–Kier alpha value is -0.120. The smallest absolute Gasteiger partial charge is 0.109 e. The van der Waals surface area contributed by atoms with Crippen molar-refractivity contribution in [2.75, 3.05) is 13.2 Å². The molecular formula is C8H15NO2. The molecule has 2 aliphatic rings. The first-order valence-electron chi connectivity index (χ1n) is 4.16. The van der Waals surface area contributed by atoms with Crippen LogP contribution in [0.25, 0.3) is 0 Å². The zero-order valence-corrected chi connectivity index (χ0v) is 7.04. The zero-order chi connectivity index (χ0) is 8.06. The van der Waals surface area contributed by atoms with Crippen LogP contribution < -0.4 is 5.73 Å². The second kappa shape index (κ2) is 2.19. The highest BCUT2D eigenvalue weighted by atomic mass is 16.6. The number of rotatable bonds is 0. The molecule has 2 aliphatic heterocycles. The molecule has 64 valence electrons. The second-order valence-electron chi connectivity index (χ2n) is 3.83. The van der Waals surface area contributed by atoms with Gasteiger partial charge in [-0.3, -0.25) is 0 Å². The van der Waals surface area contributed by atoms with Crippen LogP contribution in [0.5, 0.6) is 0 Å². The molecule has 3 heteroatoms. The number of hydrogen-bond donors (Lipinski definition) is 1. The van der Waals surface area contributed by atoms with Crippen molar-refractivity contribution in [3.8, 4) is 0 Å². The van der Waals surface area contributed by atoms with E-state index in [-0.39, 0.29) is 17.7 Å². The fourth-order valence-electron chi connectivity index (χ4n) is 2.07. The summed E-state index contributed by atoms with van der Waals surface area (Å²) in [7, 11) is 0. The van der Waals surface area contributed by atoms with Gasteiger partial charge in [0, 0.05) is 5.92 Å². The molecule has 0 saturated carbocycles. The normalized spacial score (nSPS) is 56.5. The summed E-state index contributed by atoms with van der Waals surface area (Å²) in [5, 5.41) is 0. The minimum absolute atomic E-state index is 0.0532. The molecule has 2 rings (SSSR count). The third kappa shape index (κ3) is 0.849. The lowest BCUT2D eigenvalue weighted by Crippen LogP contribution is -2.47. The molecule has 2 heterocycles. The lowest BCUT2D eigenvalue weighted by molar-refractivity contribution is -0.0134. The summed E-state index contributed by atoms with van der Waals surface area (Å²) in [6, 6.07) is 0.0532. The Labute approximate surface area is 66.8 Å².